The number of benzene rings is 1. The molecule has 0 atom stereocenters. The maximum atomic E-state index is 11.7. The Balaban J connectivity index is 1.96. The fourth-order valence-electron chi connectivity index (χ4n) is 1.58. The molecular formula is C14H17N3OS. The van der Waals surface area contributed by atoms with Gasteiger partial charge in [-0.05, 0) is 14.1 Å². The molecule has 100 valence electrons. The van der Waals surface area contributed by atoms with Crippen molar-refractivity contribution in [1.82, 2.24) is 9.88 Å². The van der Waals surface area contributed by atoms with Crippen molar-refractivity contribution in [2.24, 2.45) is 0 Å². The molecular weight excluding hydrogens is 258 g/mol. The summed E-state index contributed by atoms with van der Waals surface area (Å²) in [4.78, 5) is 18.1. The van der Waals surface area contributed by atoms with Gasteiger partial charge in [0.2, 0.25) is 5.91 Å². The minimum absolute atomic E-state index is 0.00246. The highest BCUT2D eigenvalue weighted by Gasteiger charge is 2.07. The van der Waals surface area contributed by atoms with Crippen molar-refractivity contribution in [2.45, 2.75) is 6.42 Å². The second-order valence-corrected chi connectivity index (χ2v) is 5.36. The second kappa shape index (κ2) is 6.45. The van der Waals surface area contributed by atoms with E-state index in [1.165, 1.54) is 11.3 Å². The molecule has 0 saturated carbocycles. The molecule has 1 heterocycles. The van der Waals surface area contributed by atoms with Crippen molar-refractivity contribution in [3.05, 3.63) is 35.7 Å². The summed E-state index contributed by atoms with van der Waals surface area (Å²) in [6.45, 7) is 0.739. The van der Waals surface area contributed by atoms with Crippen molar-refractivity contribution in [3.63, 3.8) is 0 Å². The fraction of sp³-hybridized carbons (Fsp3) is 0.286. The van der Waals surface area contributed by atoms with Gasteiger partial charge in [-0.25, -0.2) is 4.98 Å². The first-order valence-corrected chi connectivity index (χ1v) is 6.98. The van der Waals surface area contributed by atoms with Crippen LogP contribution in [0.25, 0.3) is 11.3 Å². The number of rotatable bonds is 5. The van der Waals surface area contributed by atoms with E-state index in [4.69, 9.17) is 0 Å². The van der Waals surface area contributed by atoms with Gasteiger partial charge in [0.15, 0.2) is 5.13 Å². The zero-order valence-electron chi connectivity index (χ0n) is 11.1. The molecule has 0 aliphatic carbocycles. The molecule has 0 aliphatic rings. The van der Waals surface area contributed by atoms with E-state index in [2.05, 4.69) is 10.3 Å². The van der Waals surface area contributed by atoms with E-state index in [1.807, 2.05) is 54.7 Å². The molecule has 0 aliphatic heterocycles. The van der Waals surface area contributed by atoms with Crippen molar-refractivity contribution < 1.29 is 4.79 Å². The number of carbonyl (C=O) groups is 1. The Morgan fingerprint density at radius 3 is 2.74 bits per heavy atom. The van der Waals surface area contributed by atoms with Crippen LogP contribution < -0.4 is 5.32 Å². The summed E-state index contributed by atoms with van der Waals surface area (Å²) < 4.78 is 0. The summed E-state index contributed by atoms with van der Waals surface area (Å²) in [6, 6.07) is 9.94. The standard InChI is InChI=1S/C14H17N3OS/c1-17(2)9-8-13(18)16-14-15-12(10-19-14)11-6-4-3-5-7-11/h3-7,10H,8-9H2,1-2H3,(H,15,16,18). The molecule has 0 unspecified atom stereocenters. The lowest BCUT2D eigenvalue weighted by Gasteiger charge is -2.08. The molecule has 1 N–H and O–H groups in total. The minimum Gasteiger partial charge on any atom is -0.309 e. The smallest absolute Gasteiger partial charge is 0.227 e. The van der Waals surface area contributed by atoms with Gasteiger partial charge in [0.25, 0.3) is 0 Å². The predicted molar refractivity (Wildman–Crippen MR) is 79.4 cm³/mol. The third kappa shape index (κ3) is 4.15. The van der Waals surface area contributed by atoms with E-state index in [-0.39, 0.29) is 5.91 Å². The zero-order chi connectivity index (χ0) is 13.7. The summed E-state index contributed by atoms with van der Waals surface area (Å²) in [5, 5.41) is 5.44. The number of amides is 1. The van der Waals surface area contributed by atoms with E-state index >= 15 is 0 Å². The first kappa shape index (κ1) is 13.7. The molecule has 1 amide bonds. The molecule has 0 radical (unpaired) electrons. The van der Waals surface area contributed by atoms with E-state index in [0.29, 0.717) is 11.6 Å². The Morgan fingerprint density at radius 1 is 1.32 bits per heavy atom. The van der Waals surface area contributed by atoms with Crippen LogP contribution in [0.3, 0.4) is 0 Å². The number of thiazole rings is 1. The van der Waals surface area contributed by atoms with Gasteiger partial charge in [0.1, 0.15) is 0 Å². The Morgan fingerprint density at radius 2 is 2.05 bits per heavy atom. The number of anilines is 1. The average molecular weight is 275 g/mol. The highest BCUT2D eigenvalue weighted by atomic mass is 32.1. The van der Waals surface area contributed by atoms with Crippen LogP contribution in [-0.2, 0) is 4.79 Å². The molecule has 0 spiro atoms. The van der Waals surface area contributed by atoms with E-state index < -0.39 is 0 Å². The Kier molecular flexibility index (Phi) is 4.65. The van der Waals surface area contributed by atoms with Crippen molar-refractivity contribution >= 4 is 22.4 Å². The number of nitrogens with one attached hydrogen (secondary N) is 1. The molecule has 2 aromatic rings. The van der Waals surface area contributed by atoms with Crippen LogP contribution >= 0.6 is 11.3 Å². The van der Waals surface area contributed by atoms with E-state index in [9.17, 15) is 4.79 Å². The Hall–Kier alpha value is -1.72. The van der Waals surface area contributed by atoms with Gasteiger partial charge < -0.3 is 10.2 Å². The van der Waals surface area contributed by atoms with E-state index in [0.717, 1.165) is 17.8 Å². The van der Waals surface area contributed by atoms with Crippen LogP contribution in [0.5, 0.6) is 0 Å². The number of hydrogen-bond donors (Lipinski definition) is 1. The third-order valence-electron chi connectivity index (χ3n) is 2.61. The van der Waals surface area contributed by atoms with Gasteiger partial charge in [0.05, 0.1) is 5.69 Å². The lowest BCUT2D eigenvalue weighted by atomic mass is 10.2. The Bertz CT molecular complexity index is 537. The monoisotopic (exact) mass is 275 g/mol. The molecule has 0 saturated heterocycles. The lowest BCUT2D eigenvalue weighted by Crippen LogP contribution is -2.20. The predicted octanol–water partition coefficient (Wildman–Crippen LogP) is 2.70. The highest BCUT2D eigenvalue weighted by Crippen LogP contribution is 2.24. The molecule has 1 aromatic carbocycles. The van der Waals surface area contributed by atoms with Gasteiger partial charge in [-0.2, -0.15) is 0 Å². The molecule has 0 fully saturated rings. The molecule has 4 nitrogen and oxygen atoms in total. The summed E-state index contributed by atoms with van der Waals surface area (Å²) >= 11 is 1.45. The van der Waals surface area contributed by atoms with Crippen LogP contribution in [0.2, 0.25) is 0 Å². The highest BCUT2D eigenvalue weighted by molar-refractivity contribution is 7.14. The largest absolute Gasteiger partial charge is 0.309 e. The fourth-order valence-corrected chi connectivity index (χ4v) is 2.32. The van der Waals surface area contributed by atoms with Crippen LogP contribution in [0.15, 0.2) is 35.7 Å². The summed E-state index contributed by atoms with van der Waals surface area (Å²) in [5.74, 6) is 0.00246. The number of nitrogens with zero attached hydrogens (tertiary/aromatic N) is 2. The zero-order valence-corrected chi connectivity index (χ0v) is 11.9. The topological polar surface area (TPSA) is 45.2 Å². The molecule has 5 heteroatoms. The second-order valence-electron chi connectivity index (χ2n) is 4.51. The minimum atomic E-state index is 0.00246. The molecule has 19 heavy (non-hydrogen) atoms. The maximum Gasteiger partial charge on any atom is 0.227 e. The van der Waals surface area contributed by atoms with Crippen LogP contribution in [-0.4, -0.2) is 36.4 Å². The molecule has 2 rings (SSSR count). The van der Waals surface area contributed by atoms with Gasteiger partial charge in [-0.15, -0.1) is 11.3 Å². The van der Waals surface area contributed by atoms with Gasteiger partial charge >= 0.3 is 0 Å². The van der Waals surface area contributed by atoms with Gasteiger partial charge in [-0.1, -0.05) is 30.3 Å². The number of hydrogen-bond acceptors (Lipinski definition) is 4. The maximum absolute atomic E-state index is 11.7. The first-order chi connectivity index (χ1) is 9.15. The lowest BCUT2D eigenvalue weighted by molar-refractivity contribution is -0.116. The number of carbonyl (C=O) groups excluding carboxylic acids is 1. The first-order valence-electron chi connectivity index (χ1n) is 6.10. The van der Waals surface area contributed by atoms with Crippen molar-refractivity contribution in [3.8, 4) is 11.3 Å². The SMILES string of the molecule is CN(C)CCC(=O)Nc1nc(-c2ccccc2)cs1. The van der Waals surface area contributed by atoms with Crippen LogP contribution in [0.1, 0.15) is 6.42 Å². The quantitative estimate of drug-likeness (QED) is 0.912. The number of aromatic nitrogens is 1. The van der Waals surface area contributed by atoms with E-state index in [1.54, 1.807) is 0 Å². The summed E-state index contributed by atoms with van der Waals surface area (Å²) in [6.07, 6.45) is 0.479. The van der Waals surface area contributed by atoms with Crippen LogP contribution in [0, 0.1) is 0 Å². The van der Waals surface area contributed by atoms with Gasteiger partial charge in [0, 0.05) is 23.9 Å². The normalized spacial score (nSPS) is 10.7. The third-order valence-corrected chi connectivity index (χ3v) is 3.36. The van der Waals surface area contributed by atoms with Gasteiger partial charge in [-0.3, -0.25) is 4.79 Å². The Labute approximate surface area is 117 Å². The summed E-state index contributed by atoms with van der Waals surface area (Å²) in [7, 11) is 3.90. The average Bonchev–Trinajstić information content (AvgIpc) is 2.86. The summed E-state index contributed by atoms with van der Waals surface area (Å²) in [5.41, 5.74) is 1.96. The van der Waals surface area contributed by atoms with Crippen LogP contribution in [0.4, 0.5) is 5.13 Å². The van der Waals surface area contributed by atoms with Crippen molar-refractivity contribution in [1.29, 1.82) is 0 Å². The molecule has 1 aromatic heterocycles. The van der Waals surface area contributed by atoms with Crippen molar-refractivity contribution in [2.75, 3.05) is 26.0 Å². The molecule has 0 bridgehead atoms.